The molecule has 21 heavy (non-hydrogen) atoms. The topological polar surface area (TPSA) is 51.2 Å². The Morgan fingerprint density at radius 2 is 2.29 bits per heavy atom. The van der Waals surface area contributed by atoms with E-state index in [2.05, 4.69) is 26.2 Å². The number of nitrogens with zero attached hydrogens (tertiary/aromatic N) is 1. The molecule has 1 aliphatic rings. The van der Waals surface area contributed by atoms with Gasteiger partial charge in [0.05, 0.1) is 18.6 Å². The molecule has 108 valence electrons. The van der Waals surface area contributed by atoms with Crippen molar-refractivity contribution in [3.8, 4) is 5.75 Å². The molecule has 1 aliphatic heterocycles. The maximum Gasteiger partial charge on any atom is 0.175 e. The Morgan fingerprint density at radius 3 is 3.00 bits per heavy atom. The summed E-state index contributed by atoms with van der Waals surface area (Å²) in [5, 5.41) is 3.07. The Kier molecular flexibility index (Phi) is 3.63. The largest absolute Gasteiger partial charge is 0.497 e. The number of hydrogen-bond donors (Lipinski definition) is 1. The van der Waals surface area contributed by atoms with Crippen molar-refractivity contribution in [3.05, 3.63) is 51.9 Å². The Hall–Kier alpha value is -1.95. The first-order chi connectivity index (χ1) is 10.1. The Balaban J connectivity index is 1.96. The number of carbonyl (C=O) groups excluding carboxylic acids is 1. The predicted octanol–water partition coefficient (Wildman–Crippen LogP) is 3.38. The van der Waals surface area contributed by atoms with E-state index >= 15 is 0 Å². The van der Waals surface area contributed by atoms with Crippen molar-refractivity contribution < 1.29 is 13.9 Å². The molecule has 0 bridgehead atoms. The van der Waals surface area contributed by atoms with Crippen molar-refractivity contribution in [2.24, 2.45) is 0 Å². The molecular weight excluding hydrogens is 339 g/mol. The number of hydrogen-bond acceptors (Lipinski definition) is 4. The summed E-state index contributed by atoms with van der Waals surface area (Å²) in [6.07, 6.45) is 1.66. The fraction of sp³-hybridized carbons (Fsp3) is 0.200. The third kappa shape index (κ3) is 2.51. The summed E-state index contributed by atoms with van der Waals surface area (Å²) >= 11 is 3.34. The number of anilines is 1. The first-order valence-corrected chi connectivity index (χ1v) is 7.16. The summed E-state index contributed by atoms with van der Waals surface area (Å²) in [6, 6.07) is 6.10. The molecule has 3 rings (SSSR count). The van der Waals surface area contributed by atoms with Crippen LogP contribution in [-0.4, -0.2) is 24.4 Å². The number of benzene rings is 1. The van der Waals surface area contributed by atoms with Crippen molar-refractivity contribution in [2.75, 3.05) is 19.0 Å². The van der Waals surface area contributed by atoms with Crippen LogP contribution in [0.2, 0.25) is 0 Å². The van der Waals surface area contributed by atoms with Crippen molar-refractivity contribution in [1.29, 1.82) is 0 Å². The SMILES string of the molecule is COc1ccc(C(=O)C2CNc3ncc(Br)cc32)c(F)c1. The molecule has 1 aromatic heterocycles. The summed E-state index contributed by atoms with van der Waals surface area (Å²) in [5.74, 6) is -0.214. The van der Waals surface area contributed by atoms with Gasteiger partial charge in [0.15, 0.2) is 5.78 Å². The minimum atomic E-state index is -0.573. The van der Waals surface area contributed by atoms with Crippen molar-refractivity contribution in [2.45, 2.75) is 5.92 Å². The van der Waals surface area contributed by atoms with Gasteiger partial charge in [-0.3, -0.25) is 4.79 Å². The number of fused-ring (bicyclic) bond motifs is 1. The molecular formula is C15H12BrFN2O2. The second-order valence-electron chi connectivity index (χ2n) is 4.73. The van der Waals surface area contributed by atoms with E-state index in [1.165, 1.54) is 19.2 Å². The van der Waals surface area contributed by atoms with Crippen LogP contribution < -0.4 is 10.1 Å². The van der Waals surface area contributed by atoms with Crippen LogP contribution in [0.4, 0.5) is 10.2 Å². The highest BCUT2D eigenvalue weighted by Gasteiger charge is 2.31. The highest BCUT2D eigenvalue weighted by Crippen LogP contribution is 2.34. The second kappa shape index (κ2) is 5.44. The molecule has 1 unspecified atom stereocenters. The molecule has 4 nitrogen and oxygen atoms in total. The molecule has 1 atom stereocenters. The molecule has 0 saturated carbocycles. The van der Waals surface area contributed by atoms with Gasteiger partial charge < -0.3 is 10.1 Å². The highest BCUT2D eigenvalue weighted by molar-refractivity contribution is 9.10. The van der Waals surface area contributed by atoms with Gasteiger partial charge in [-0.2, -0.15) is 0 Å². The zero-order chi connectivity index (χ0) is 15.0. The van der Waals surface area contributed by atoms with Gasteiger partial charge in [0.1, 0.15) is 17.4 Å². The lowest BCUT2D eigenvalue weighted by atomic mass is 9.93. The molecule has 2 aromatic rings. The predicted molar refractivity (Wildman–Crippen MR) is 80.5 cm³/mol. The summed E-state index contributed by atoms with van der Waals surface area (Å²) in [5.41, 5.74) is 0.847. The smallest absolute Gasteiger partial charge is 0.175 e. The van der Waals surface area contributed by atoms with E-state index in [1.54, 1.807) is 12.3 Å². The number of pyridine rings is 1. The van der Waals surface area contributed by atoms with Gasteiger partial charge in [-0.05, 0) is 34.1 Å². The van der Waals surface area contributed by atoms with Crippen molar-refractivity contribution in [1.82, 2.24) is 4.98 Å². The van der Waals surface area contributed by atoms with Crippen LogP contribution >= 0.6 is 15.9 Å². The van der Waals surface area contributed by atoms with E-state index in [-0.39, 0.29) is 11.3 Å². The molecule has 6 heteroatoms. The molecule has 1 N–H and O–H groups in total. The summed E-state index contributed by atoms with van der Waals surface area (Å²) in [6.45, 7) is 0.420. The molecule has 0 spiro atoms. The monoisotopic (exact) mass is 350 g/mol. The number of methoxy groups -OCH3 is 1. The highest BCUT2D eigenvalue weighted by atomic mass is 79.9. The van der Waals surface area contributed by atoms with Gasteiger partial charge in [-0.15, -0.1) is 0 Å². The van der Waals surface area contributed by atoms with Gasteiger partial charge in [0.2, 0.25) is 0 Å². The lowest BCUT2D eigenvalue weighted by molar-refractivity contribution is 0.0962. The Morgan fingerprint density at radius 1 is 1.48 bits per heavy atom. The first-order valence-electron chi connectivity index (χ1n) is 6.37. The molecule has 0 fully saturated rings. The zero-order valence-corrected chi connectivity index (χ0v) is 12.8. The van der Waals surface area contributed by atoms with Crippen LogP contribution in [0.3, 0.4) is 0 Å². The maximum absolute atomic E-state index is 14.1. The summed E-state index contributed by atoms with van der Waals surface area (Å²) in [4.78, 5) is 16.8. The van der Waals surface area contributed by atoms with Gasteiger partial charge in [-0.1, -0.05) is 0 Å². The van der Waals surface area contributed by atoms with Gasteiger partial charge >= 0.3 is 0 Å². The Bertz CT molecular complexity index is 721. The quantitative estimate of drug-likeness (QED) is 0.862. The minimum absolute atomic E-state index is 0.0652. The zero-order valence-electron chi connectivity index (χ0n) is 11.2. The van der Waals surface area contributed by atoms with Crippen LogP contribution in [0.5, 0.6) is 5.75 Å². The number of carbonyl (C=O) groups is 1. The van der Waals surface area contributed by atoms with Crippen molar-refractivity contribution >= 4 is 27.5 Å². The van der Waals surface area contributed by atoms with Crippen LogP contribution in [-0.2, 0) is 0 Å². The standard InChI is InChI=1S/C15H12BrFN2O2/c1-21-9-2-3-10(13(17)5-9)14(20)12-7-19-15-11(12)4-8(16)6-18-15/h2-6,12H,7H2,1H3,(H,18,19). The molecule has 2 heterocycles. The molecule has 0 radical (unpaired) electrons. The number of ketones is 1. The fourth-order valence-corrected chi connectivity index (χ4v) is 2.77. The van der Waals surface area contributed by atoms with Gasteiger partial charge in [0, 0.05) is 28.8 Å². The van der Waals surface area contributed by atoms with E-state index in [1.807, 2.05) is 6.07 Å². The number of Topliss-reactive ketones (excluding diaryl/α,β-unsaturated/α-hetero) is 1. The third-order valence-corrected chi connectivity index (χ3v) is 3.92. The normalized spacial score (nSPS) is 16.2. The molecule has 0 amide bonds. The first kappa shape index (κ1) is 14.0. The van der Waals surface area contributed by atoms with Gasteiger partial charge in [-0.25, -0.2) is 9.37 Å². The average Bonchev–Trinajstić information content (AvgIpc) is 2.89. The number of rotatable bonds is 3. The minimum Gasteiger partial charge on any atom is -0.497 e. The lowest BCUT2D eigenvalue weighted by Crippen LogP contribution is -2.16. The summed E-state index contributed by atoms with van der Waals surface area (Å²) in [7, 11) is 1.45. The van der Waals surface area contributed by atoms with Crippen LogP contribution in [0.25, 0.3) is 0 Å². The number of halogens is 2. The van der Waals surface area contributed by atoms with Crippen molar-refractivity contribution in [3.63, 3.8) is 0 Å². The van der Waals surface area contributed by atoms with Crippen LogP contribution in [0, 0.1) is 5.82 Å². The van der Waals surface area contributed by atoms with E-state index in [9.17, 15) is 9.18 Å². The van der Waals surface area contributed by atoms with Gasteiger partial charge in [0.25, 0.3) is 0 Å². The summed E-state index contributed by atoms with van der Waals surface area (Å²) < 4.78 is 19.8. The number of nitrogens with one attached hydrogen (secondary N) is 1. The molecule has 1 aromatic carbocycles. The lowest BCUT2D eigenvalue weighted by Gasteiger charge is -2.11. The van der Waals surface area contributed by atoms with Crippen LogP contribution in [0.15, 0.2) is 34.9 Å². The number of aromatic nitrogens is 1. The van der Waals surface area contributed by atoms with E-state index in [0.717, 1.165) is 10.0 Å². The Labute approximate surface area is 129 Å². The second-order valence-corrected chi connectivity index (χ2v) is 5.65. The molecule has 0 saturated heterocycles. The molecule has 0 aliphatic carbocycles. The maximum atomic E-state index is 14.1. The number of ether oxygens (including phenoxy) is 1. The van der Waals surface area contributed by atoms with Crippen LogP contribution in [0.1, 0.15) is 21.8 Å². The average molecular weight is 351 g/mol. The third-order valence-electron chi connectivity index (χ3n) is 3.49. The fourth-order valence-electron chi connectivity index (χ4n) is 2.42. The van der Waals surface area contributed by atoms with E-state index < -0.39 is 11.7 Å². The van der Waals surface area contributed by atoms with E-state index in [4.69, 9.17) is 4.74 Å². The van der Waals surface area contributed by atoms with E-state index in [0.29, 0.717) is 18.1 Å².